The van der Waals surface area contributed by atoms with Crippen molar-refractivity contribution in [3.63, 3.8) is 0 Å². The van der Waals surface area contributed by atoms with Crippen molar-refractivity contribution in [3.05, 3.63) is 77.6 Å². The van der Waals surface area contributed by atoms with E-state index < -0.39 is 17.7 Å². The Kier molecular flexibility index (Phi) is 5.05. The Morgan fingerprint density at radius 3 is 2.47 bits per heavy atom. The van der Waals surface area contributed by atoms with E-state index >= 15 is 0 Å². The van der Waals surface area contributed by atoms with E-state index in [1.54, 1.807) is 42.5 Å². The van der Waals surface area contributed by atoms with Crippen LogP contribution in [0.15, 0.2) is 69.4 Å². The van der Waals surface area contributed by atoms with Crippen molar-refractivity contribution in [2.75, 3.05) is 14.2 Å². The molecule has 1 saturated heterocycles. The third-order valence-electron chi connectivity index (χ3n) is 4.92. The van der Waals surface area contributed by atoms with Gasteiger partial charge in [-0.2, -0.15) is 0 Å². The van der Waals surface area contributed by atoms with Gasteiger partial charge < -0.3 is 28.3 Å². The van der Waals surface area contributed by atoms with Crippen molar-refractivity contribution in [2.24, 2.45) is 0 Å². The van der Waals surface area contributed by atoms with Gasteiger partial charge in [-0.15, -0.1) is 0 Å². The van der Waals surface area contributed by atoms with E-state index in [1.165, 1.54) is 31.6 Å². The number of aliphatic hydroxyl groups is 1. The van der Waals surface area contributed by atoms with Crippen LogP contribution in [0.2, 0.25) is 0 Å². The fourth-order valence-electron chi connectivity index (χ4n) is 3.50. The summed E-state index contributed by atoms with van der Waals surface area (Å²) in [6.07, 6.45) is 2.92. The fourth-order valence-corrected chi connectivity index (χ4v) is 3.50. The number of aliphatic hydroxyl groups excluding tert-OH is 1. The SMILES string of the molecule is COc1ccc(/C(O)=C2/C(=O)C(=O)N(Cc3ccco3)C2c2ccco2)c(OC)c1. The van der Waals surface area contributed by atoms with Crippen LogP contribution in [0.5, 0.6) is 11.5 Å². The van der Waals surface area contributed by atoms with E-state index in [1.807, 2.05) is 0 Å². The summed E-state index contributed by atoms with van der Waals surface area (Å²) in [6, 6.07) is 10.5. The maximum Gasteiger partial charge on any atom is 0.296 e. The van der Waals surface area contributed by atoms with Crippen molar-refractivity contribution >= 4 is 17.4 Å². The Morgan fingerprint density at radius 1 is 1.07 bits per heavy atom. The molecule has 1 aliphatic rings. The van der Waals surface area contributed by atoms with Crippen LogP contribution in [0.25, 0.3) is 5.76 Å². The zero-order valence-electron chi connectivity index (χ0n) is 16.3. The minimum atomic E-state index is -0.920. The lowest BCUT2D eigenvalue weighted by Gasteiger charge is -2.22. The van der Waals surface area contributed by atoms with E-state index in [4.69, 9.17) is 18.3 Å². The van der Waals surface area contributed by atoms with Crippen molar-refractivity contribution in [1.29, 1.82) is 0 Å². The fraction of sp³-hybridized carbons (Fsp3) is 0.182. The molecule has 1 atom stereocenters. The molecule has 1 amide bonds. The molecule has 0 spiro atoms. The van der Waals surface area contributed by atoms with Crippen molar-refractivity contribution < 1.29 is 33.0 Å². The summed E-state index contributed by atoms with van der Waals surface area (Å²) in [6.45, 7) is 0.0411. The minimum absolute atomic E-state index is 0.0411. The summed E-state index contributed by atoms with van der Waals surface area (Å²) >= 11 is 0. The van der Waals surface area contributed by atoms with Gasteiger partial charge in [0.1, 0.15) is 34.8 Å². The summed E-state index contributed by atoms with van der Waals surface area (Å²) in [7, 11) is 2.94. The van der Waals surface area contributed by atoms with Crippen molar-refractivity contribution in [2.45, 2.75) is 12.6 Å². The second kappa shape index (κ2) is 7.82. The van der Waals surface area contributed by atoms with Gasteiger partial charge in [0, 0.05) is 6.07 Å². The van der Waals surface area contributed by atoms with E-state index in [9.17, 15) is 14.7 Å². The highest BCUT2D eigenvalue weighted by atomic mass is 16.5. The molecule has 8 heteroatoms. The number of ketones is 1. The molecule has 0 radical (unpaired) electrons. The first-order valence-corrected chi connectivity index (χ1v) is 9.11. The number of hydrogen-bond acceptors (Lipinski definition) is 7. The van der Waals surface area contributed by atoms with Crippen LogP contribution in [-0.2, 0) is 16.1 Å². The van der Waals surface area contributed by atoms with Crippen LogP contribution in [0.4, 0.5) is 0 Å². The number of carbonyl (C=O) groups excluding carboxylic acids is 2. The topological polar surface area (TPSA) is 102 Å². The summed E-state index contributed by atoms with van der Waals surface area (Å²) in [5.74, 6) is -0.298. The van der Waals surface area contributed by atoms with E-state index in [0.29, 0.717) is 23.0 Å². The number of amides is 1. The van der Waals surface area contributed by atoms with Crippen LogP contribution in [0.3, 0.4) is 0 Å². The summed E-state index contributed by atoms with van der Waals surface area (Å²) < 4.78 is 21.4. The first-order valence-electron chi connectivity index (χ1n) is 9.11. The van der Waals surface area contributed by atoms with Crippen LogP contribution >= 0.6 is 0 Å². The van der Waals surface area contributed by atoms with Crippen LogP contribution in [-0.4, -0.2) is 35.9 Å². The van der Waals surface area contributed by atoms with Crippen LogP contribution in [0.1, 0.15) is 23.1 Å². The zero-order valence-corrected chi connectivity index (χ0v) is 16.3. The molecule has 1 N–H and O–H groups in total. The van der Waals surface area contributed by atoms with Gasteiger partial charge in [-0.3, -0.25) is 9.59 Å². The van der Waals surface area contributed by atoms with Crippen molar-refractivity contribution in [1.82, 2.24) is 4.90 Å². The summed E-state index contributed by atoms with van der Waals surface area (Å²) in [5.41, 5.74) is 0.163. The molecule has 154 valence electrons. The van der Waals surface area contributed by atoms with Gasteiger partial charge in [-0.25, -0.2) is 0 Å². The van der Waals surface area contributed by atoms with Crippen molar-refractivity contribution in [3.8, 4) is 11.5 Å². The van der Waals surface area contributed by atoms with Gasteiger partial charge in [0.05, 0.1) is 44.4 Å². The molecule has 3 aromatic rings. The van der Waals surface area contributed by atoms with Crippen LogP contribution in [0, 0.1) is 0 Å². The smallest absolute Gasteiger partial charge is 0.296 e. The predicted molar refractivity (Wildman–Crippen MR) is 105 cm³/mol. The molecule has 0 bridgehead atoms. The Balaban J connectivity index is 1.86. The molecule has 1 unspecified atom stereocenters. The number of nitrogens with zero attached hydrogens (tertiary/aromatic N) is 1. The molecular formula is C22H19NO7. The second-order valence-electron chi connectivity index (χ2n) is 6.59. The second-order valence-corrected chi connectivity index (χ2v) is 6.59. The number of hydrogen-bond donors (Lipinski definition) is 1. The highest BCUT2D eigenvalue weighted by molar-refractivity contribution is 6.46. The number of likely N-dealkylation sites (tertiary alicyclic amines) is 1. The highest BCUT2D eigenvalue weighted by Crippen LogP contribution is 2.42. The summed E-state index contributed by atoms with van der Waals surface area (Å²) in [4.78, 5) is 27.1. The zero-order chi connectivity index (χ0) is 21.3. The first-order chi connectivity index (χ1) is 14.5. The maximum atomic E-state index is 12.9. The molecule has 2 aromatic heterocycles. The Morgan fingerprint density at radius 2 is 1.83 bits per heavy atom. The number of benzene rings is 1. The van der Waals surface area contributed by atoms with Crippen LogP contribution < -0.4 is 9.47 Å². The van der Waals surface area contributed by atoms with E-state index in [-0.39, 0.29) is 23.4 Å². The minimum Gasteiger partial charge on any atom is -0.507 e. The average Bonchev–Trinajstić information content (AvgIpc) is 3.52. The molecule has 30 heavy (non-hydrogen) atoms. The number of carbonyl (C=O) groups is 2. The maximum absolute atomic E-state index is 12.9. The Labute approximate surface area is 171 Å². The van der Waals surface area contributed by atoms with Gasteiger partial charge >= 0.3 is 0 Å². The molecule has 3 heterocycles. The number of Topliss-reactive ketones (excluding diaryl/α,β-unsaturated/α-hetero) is 1. The molecule has 1 aliphatic heterocycles. The molecule has 0 aliphatic carbocycles. The standard InChI is InChI=1S/C22H19NO7/c1-27-13-7-8-15(17(11-13)28-2)20(24)18-19(16-6-4-10-30-16)23(22(26)21(18)25)12-14-5-3-9-29-14/h3-11,19,24H,12H2,1-2H3/b20-18-. The normalized spacial score (nSPS) is 18.1. The van der Waals surface area contributed by atoms with Gasteiger partial charge in [0.2, 0.25) is 0 Å². The number of methoxy groups -OCH3 is 2. The number of furan rings is 2. The van der Waals surface area contributed by atoms with Gasteiger partial charge in [-0.05, 0) is 36.4 Å². The monoisotopic (exact) mass is 409 g/mol. The molecule has 0 saturated carbocycles. The third-order valence-corrected chi connectivity index (χ3v) is 4.92. The van der Waals surface area contributed by atoms with Gasteiger partial charge in [-0.1, -0.05) is 0 Å². The molecular weight excluding hydrogens is 390 g/mol. The summed E-state index contributed by atoms with van der Waals surface area (Å²) in [5, 5.41) is 11.1. The Bertz CT molecular complexity index is 1100. The van der Waals surface area contributed by atoms with Gasteiger partial charge in [0.25, 0.3) is 11.7 Å². The number of rotatable bonds is 6. The molecule has 8 nitrogen and oxygen atoms in total. The van der Waals surface area contributed by atoms with E-state index in [0.717, 1.165) is 0 Å². The van der Waals surface area contributed by atoms with Gasteiger partial charge in [0.15, 0.2) is 0 Å². The number of ether oxygens (including phenoxy) is 2. The lowest BCUT2D eigenvalue weighted by atomic mass is 9.98. The first kappa shape index (κ1) is 19.4. The highest BCUT2D eigenvalue weighted by Gasteiger charge is 2.48. The lowest BCUT2D eigenvalue weighted by molar-refractivity contribution is -0.140. The largest absolute Gasteiger partial charge is 0.507 e. The Hall–Kier alpha value is -3.94. The average molecular weight is 409 g/mol. The molecule has 1 fully saturated rings. The quantitative estimate of drug-likeness (QED) is 0.378. The lowest BCUT2D eigenvalue weighted by Crippen LogP contribution is -2.28. The third kappa shape index (κ3) is 3.22. The predicted octanol–water partition coefficient (Wildman–Crippen LogP) is 3.51. The molecule has 4 rings (SSSR count). The van der Waals surface area contributed by atoms with E-state index in [2.05, 4.69) is 0 Å². The molecule has 1 aromatic carbocycles.